The van der Waals surface area contributed by atoms with Crippen LogP contribution < -0.4 is 0 Å². The third-order valence-electron chi connectivity index (χ3n) is 1.80. The molecule has 0 amide bonds. The van der Waals surface area contributed by atoms with E-state index in [9.17, 15) is 18.0 Å². The highest BCUT2D eigenvalue weighted by molar-refractivity contribution is 14.1. The molecular formula is C9H4Cl2F3IO. The van der Waals surface area contributed by atoms with E-state index in [-0.39, 0.29) is 14.2 Å². The van der Waals surface area contributed by atoms with Crippen molar-refractivity contribution in [2.75, 3.05) is 5.88 Å². The number of hydrogen-bond donors (Lipinski definition) is 0. The lowest BCUT2D eigenvalue weighted by Gasteiger charge is -2.12. The third-order valence-corrected chi connectivity index (χ3v) is 3.47. The van der Waals surface area contributed by atoms with Crippen LogP contribution in [0.3, 0.4) is 0 Å². The predicted octanol–water partition coefficient (Wildman–Crippen LogP) is 4.38. The zero-order valence-corrected chi connectivity index (χ0v) is 11.2. The van der Waals surface area contributed by atoms with Gasteiger partial charge in [-0.25, -0.2) is 0 Å². The van der Waals surface area contributed by atoms with E-state index in [1.165, 1.54) is 22.6 Å². The van der Waals surface area contributed by atoms with Crippen LogP contribution in [0.5, 0.6) is 0 Å². The molecule has 0 unspecified atom stereocenters. The van der Waals surface area contributed by atoms with Crippen molar-refractivity contribution in [3.8, 4) is 0 Å². The van der Waals surface area contributed by atoms with Gasteiger partial charge in [-0.3, -0.25) is 4.79 Å². The Morgan fingerprint density at radius 2 is 1.94 bits per heavy atom. The van der Waals surface area contributed by atoms with E-state index >= 15 is 0 Å². The lowest BCUT2D eigenvalue weighted by Crippen LogP contribution is -2.13. The molecule has 0 aliphatic carbocycles. The standard InChI is InChI=1S/C9H4Cl2F3IO/c10-3-6(16)7-5(11)2-1-4(8(7)15)9(12,13)14/h1-2H,3H2. The maximum Gasteiger partial charge on any atom is 0.417 e. The molecule has 0 atom stereocenters. The van der Waals surface area contributed by atoms with Gasteiger partial charge in [-0.15, -0.1) is 11.6 Å². The quantitative estimate of drug-likeness (QED) is 0.421. The minimum absolute atomic E-state index is 0.0250. The van der Waals surface area contributed by atoms with Gasteiger partial charge >= 0.3 is 6.18 Å². The van der Waals surface area contributed by atoms with Crippen molar-refractivity contribution < 1.29 is 18.0 Å². The SMILES string of the molecule is O=C(CCl)c1c(Cl)ccc(C(F)(F)F)c1I. The molecule has 0 aliphatic heterocycles. The zero-order valence-electron chi connectivity index (χ0n) is 7.54. The summed E-state index contributed by atoms with van der Waals surface area (Å²) in [6, 6.07) is 1.89. The van der Waals surface area contributed by atoms with Gasteiger partial charge in [0.05, 0.1) is 22.0 Å². The molecular weight excluding hydrogens is 379 g/mol. The number of halogens is 6. The number of Topliss-reactive ketones (excluding diaryl/α,β-unsaturated/α-hetero) is 1. The van der Waals surface area contributed by atoms with Gasteiger partial charge in [0.15, 0.2) is 5.78 Å². The van der Waals surface area contributed by atoms with Crippen LogP contribution in [0.25, 0.3) is 0 Å². The summed E-state index contributed by atoms with van der Waals surface area (Å²) in [4.78, 5) is 11.3. The van der Waals surface area contributed by atoms with E-state index < -0.39 is 23.4 Å². The van der Waals surface area contributed by atoms with Gasteiger partial charge in [0.25, 0.3) is 0 Å². The maximum absolute atomic E-state index is 12.5. The second kappa shape index (κ2) is 5.10. The maximum atomic E-state index is 12.5. The van der Waals surface area contributed by atoms with Crippen LogP contribution in [0.4, 0.5) is 13.2 Å². The van der Waals surface area contributed by atoms with Crippen LogP contribution in [0.2, 0.25) is 5.02 Å². The summed E-state index contributed by atoms with van der Waals surface area (Å²) < 4.78 is 37.4. The van der Waals surface area contributed by atoms with Crippen molar-refractivity contribution in [3.05, 3.63) is 31.9 Å². The molecule has 0 radical (unpaired) electrons. The Hall–Kier alpha value is -0.0100. The van der Waals surface area contributed by atoms with Crippen LogP contribution in [-0.4, -0.2) is 11.7 Å². The molecule has 0 N–H and O–H groups in total. The average Bonchev–Trinajstić information content (AvgIpc) is 2.15. The summed E-state index contributed by atoms with van der Waals surface area (Å²) in [5.74, 6) is -1.03. The largest absolute Gasteiger partial charge is 0.417 e. The molecule has 1 aromatic carbocycles. The number of ketones is 1. The van der Waals surface area contributed by atoms with Gasteiger partial charge in [0, 0.05) is 3.57 Å². The highest BCUT2D eigenvalue weighted by atomic mass is 127. The fraction of sp³-hybridized carbons (Fsp3) is 0.222. The Bertz CT molecular complexity index is 431. The summed E-state index contributed by atoms with van der Waals surface area (Å²) in [6.45, 7) is 0. The zero-order chi connectivity index (χ0) is 12.5. The Morgan fingerprint density at radius 1 is 1.38 bits per heavy atom. The van der Waals surface area contributed by atoms with Gasteiger partial charge in [-0.2, -0.15) is 13.2 Å². The van der Waals surface area contributed by atoms with E-state index in [1.54, 1.807) is 0 Å². The fourth-order valence-electron chi connectivity index (χ4n) is 1.09. The van der Waals surface area contributed by atoms with Crippen LogP contribution in [0, 0.1) is 3.57 Å². The molecule has 7 heteroatoms. The van der Waals surface area contributed by atoms with Gasteiger partial charge in [0.2, 0.25) is 0 Å². The monoisotopic (exact) mass is 382 g/mol. The summed E-state index contributed by atoms with van der Waals surface area (Å²) in [7, 11) is 0. The van der Waals surface area contributed by atoms with Gasteiger partial charge in [-0.1, -0.05) is 11.6 Å². The van der Waals surface area contributed by atoms with E-state index in [0.717, 1.165) is 12.1 Å². The molecule has 0 saturated heterocycles. The molecule has 16 heavy (non-hydrogen) atoms. The van der Waals surface area contributed by atoms with Gasteiger partial charge in [-0.05, 0) is 34.7 Å². The first-order valence-corrected chi connectivity index (χ1v) is 5.92. The fourth-order valence-corrected chi connectivity index (χ4v) is 2.73. The Morgan fingerprint density at radius 3 is 2.38 bits per heavy atom. The number of rotatable bonds is 2. The van der Waals surface area contributed by atoms with Crippen molar-refractivity contribution >= 4 is 51.6 Å². The predicted molar refractivity (Wildman–Crippen MR) is 64.2 cm³/mol. The first kappa shape index (κ1) is 14.1. The van der Waals surface area contributed by atoms with E-state index in [0.29, 0.717) is 0 Å². The molecule has 1 rings (SSSR count). The normalized spacial score (nSPS) is 11.6. The van der Waals surface area contributed by atoms with Crippen molar-refractivity contribution in [1.82, 2.24) is 0 Å². The van der Waals surface area contributed by atoms with Crippen LogP contribution >= 0.6 is 45.8 Å². The lowest BCUT2D eigenvalue weighted by atomic mass is 10.1. The highest BCUT2D eigenvalue weighted by Crippen LogP contribution is 2.36. The second-order valence-corrected chi connectivity index (χ2v) is 4.59. The first-order valence-electron chi connectivity index (χ1n) is 3.93. The molecule has 0 heterocycles. The number of carbonyl (C=O) groups is 1. The Balaban J connectivity index is 3.45. The number of alkyl halides is 4. The molecule has 0 fully saturated rings. The average molecular weight is 383 g/mol. The smallest absolute Gasteiger partial charge is 0.293 e. The molecule has 88 valence electrons. The molecule has 1 aromatic rings. The van der Waals surface area contributed by atoms with Crippen molar-refractivity contribution in [3.63, 3.8) is 0 Å². The third kappa shape index (κ3) is 2.81. The summed E-state index contributed by atoms with van der Waals surface area (Å²) in [5.41, 5.74) is -1.06. The van der Waals surface area contributed by atoms with E-state index in [1.807, 2.05) is 0 Å². The van der Waals surface area contributed by atoms with Crippen LogP contribution in [0.1, 0.15) is 15.9 Å². The molecule has 0 saturated carbocycles. The number of benzene rings is 1. The summed E-state index contributed by atoms with van der Waals surface area (Å²) >= 11 is 12.4. The molecule has 1 nitrogen and oxygen atoms in total. The lowest BCUT2D eigenvalue weighted by molar-refractivity contribution is -0.138. The number of hydrogen-bond acceptors (Lipinski definition) is 1. The summed E-state index contributed by atoms with van der Waals surface area (Å²) in [6.07, 6.45) is -4.51. The first-order chi connectivity index (χ1) is 7.29. The molecule has 0 bridgehead atoms. The van der Waals surface area contributed by atoms with Crippen molar-refractivity contribution in [1.29, 1.82) is 0 Å². The Kier molecular flexibility index (Phi) is 4.48. The topological polar surface area (TPSA) is 17.1 Å². The van der Waals surface area contributed by atoms with Crippen molar-refractivity contribution in [2.45, 2.75) is 6.18 Å². The molecule has 0 spiro atoms. The van der Waals surface area contributed by atoms with Gasteiger partial charge < -0.3 is 0 Å². The van der Waals surface area contributed by atoms with Crippen molar-refractivity contribution in [2.24, 2.45) is 0 Å². The molecule has 0 aliphatic rings. The van der Waals surface area contributed by atoms with E-state index in [2.05, 4.69) is 0 Å². The Labute approximate surface area is 113 Å². The minimum Gasteiger partial charge on any atom is -0.293 e. The minimum atomic E-state index is -4.51. The number of carbonyl (C=O) groups excluding carboxylic acids is 1. The van der Waals surface area contributed by atoms with Gasteiger partial charge in [0.1, 0.15) is 0 Å². The van der Waals surface area contributed by atoms with Crippen LogP contribution in [-0.2, 0) is 6.18 Å². The summed E-state index contributed by atoms with van der Waals surface area (Å²) in [5, 5.41) is -0.0250. The van der Waals surface area contributed by atoms with Crippen LogP contribution in [0.15, 0.2) is 12.1 Å². The molecule has 0 aromatic heterocycles. The second-order valence-electron chi connectivity index (χ2n) is 2.84. The van der Waals surface area contributed by atoms with E-state index in [4.69, 9.17) is 23.2 Å². The highest BCUT2D eigenvalue weighted by Gasteiger charge is 2.35.